The van der Waals surface area contributed by atoms with E-state index in [1.54, 1.807) is 6.92 Å². The average molecular weight is 232 g/mol. The molecule has 0 fully saturated rings. The lowest BCUT2D eigenvalue weighted by Gasteiger charge is -2.04. The van der Waals surface area contributed by atoms with Crippen LogP contribution in [0.15, 0.2) is 24.3 Å². The molecule has 0 saturated carbocycles. The van der Waals surface area contributed by atoms with Crippen LogP contribution in [0.25, 0.3) is 0 Å². The number of para-hydroxylation sites is 1. The predicted octanol–water partition coefficient (Wildman–Crippen LogP) is 2.39. The Balaban J connectivity index is 2.67. The number of hydrogen-bond acceptors (Lipinski definition) is 3. The van der Waals surface area contributed by atoms with Crippen LogP contribution in [0.3, 0.4) is 0 Å². The van der Waals surface area contributed by atoms with Gasteiger partial charge in [-0.15, -0.1) is 0 Å². The van der Waals surface area contributed by atoms with Crippen molar-refractivity contribution in [3.63, 3.8) is 0 Å². The Morgan fingerprint density at radius 3 is 2.71 bits per heavy atom. The first-order valence-electron chi connectivity index (χ1n) is 5.64. The molecule has 1 aromatic carbocycles. The molecule has 0 aliphatic heterocycles. The summed E-state index contributed by atoms with van der Waals surface area (Å²) < 4.78 is 10.2. The van der Waals surface area contributed by atoms with Crippen molar-refractivity contribution in [2.75, 3.05) is 13.2 Å². The van der Waals surface area contributed by atoms with Crippen molar-refractivity contribution in [1.29, 1.82) is 0 Å². The van der Waals surface area contributed by atoms with Gasteiger partial charge in [0.2, 0.25) is 0 Å². The van der Waals surface area contributed by atoms with Gasteiger partial charge in [-0.25, -0.2) is 0 Å². The van der Waals surface area contributed by atoms with Crippen LogP contribution in [0, 0.1) is 11.8 Å². The van der Waals surface area contributed by atoms with Crippen LogP contribution in [-0.2, 0) is 9.53 Å². The van der Waals surface area contributed by atoms with E-state index in [2.05, 4.69) is 11.8 Å². The Morgan fingerprint density at radius 2 is 2.00 bits per heavy atom. The SMILES string of the molecule is CCOC(=O)CC#Cc1ccccc1OCC. The van der Waals surface area contributed by atoms with E-state index in [0.717, 1.165) is 11.3 Å². The Labute approximate surface area is 102 Å². The fourth-order valence-electron chi connectivity index (χ4n) is 1.27. The third kappa shape index (κ3) is 4.60. The number of esters is 1. The highest BCUT2D eigenvalue weighted by molar-refractivity contribution is 5.72. The van der Waals surface area contributed by atoms with Crippen molar-refractivity contribution in [2.45, 2.75) is 20.3 Å². The number of benzene rings is 1. The highest BCUT2D eigenvalue weighted by atomic mass is 16.5. The zero-order chi connectivity index (χ0) is 12.5. The fraction of sp³-hybridized carbons (Fsp3) is 0.357. The molecule has 0 spiro atoms. The molecule has 0 aliphatic rings. The largest absolute Gasteiger partial charge is 0.493 e. The summed E-state index contributed by atoms with van der Waals surface area (Å²) in [4.78, 5) is 11.1. The van der Waals surface area contributed by atoms with Crippen molar-refractivity contribution in [1.82, 2.24) is 0 Å². The van der Waals surface area contributed by atoms with Crippen LogP contribution >= 0.6 is 0 Å². The van der Waals surface area contributed by atoms with Crippen molar-refractivity contribution < 1.29 is 14.3 Å². The Hall–Kier alpha value is -1.95. The van der Waals surface area contributed by atoms with Gasteiger partial charge < -0.3 is 9.47 Å². The second kappa shape index (κ2) is 7.34. The zero-order valence-electron chi connectivity index (χ0n) is 10.2. The maximum absolute atomic E-state index is 11.1. The van der Waals surface area contributed by atoms with Gasteiger partial charge in [-0.1, -0.05) is 24.0 Å². The monoisotopic (exact) mass is 232 g/mol. The lowest BCUT2D eigenvalue weighted by Crippen LogP contribution is -2.01. The number of ether oxygens (including phenoxy) is 2. The summed E-state index contributed by atoms with van der Waals surface area (Å²) in [6.07, 6.45) is 0.105. The van der Waals surface area contributed by atoms with Crippen LogP contribution in [0.2, 0.25) is 0 Å². The second-order valence-corrected chi connectivity index (χ2v) is 3.21. The van der Waals surface area contributed by atoms with E-state index in [1.165, 1.54) is 0 Å². The molecule has 0 saturated heterocycles. The summed E-state index contributed by atoms with van der Waals surface area (Å²) in [5, 5.41) is 0. The molecule has 0 amide bonds. The Morgan fingerprint density at radius 1 is 1.24 bits per heavy atom. The number of hydrogen-bond donors (Lipinski definition) is 0. The summed E-state index contributed by atoms with van der Waals surface area (Å²) in [6.45, 7) is 4.67. The Bertz CT molecular complexity index is 427. The van der Waals surface area contributed by atoms with Crippen molar-refractivity contribution >= 4 is 5.97 Å². The molecule has 3 heteroatoms. The lowest BCUT2D eigenvalue weighted by molar-refractivity contribution is -0.141. The van der Waals surface area contributed by atoms with Gasteiger partial charge in [0.1, 0.15) is 12.2 Å². The molecule has 1 aromatic rings. The molecule has 90 valence electrons. The van der Waals surface area contributed by atoms with Gasteiger partial charge in [-0.05, 0) is 26.0 Å². The van der Waals surface area contributed by atoms with E-state index in [-0.39, 0.29) is 12.4 Å². The summed E-state index contributed by atoms with van der Waals surface area (Å²) in [5.41, 5.74) is 0.790. The first-order valence-corrected chi connectivity index (χ1v) is 5.64. The maximum Gasteiger partial charge on any atom is 0.317 e. The molecule has 0 N–H and O–H groups in total. The minimum atomic E-state index is -0.297. The third-order valence-corrected chi connectivity index (χ3v) is 1.95. The molecule has 3 nitrogen and oxygen atoms in total. The molecule has 0 heterocycles. The first kappa shape index (κ1) is 13.1. The quantitative estimate of drug-likeness (QED) is 0.590. The molecule has 0 atom stereocenters. The van der Waals surface area contributed by atoms with Gasteiger partial charge in [0.05, 0.1) is 18.8 Å². The molecule has 0 aromatic heterocycles. The summed E-state index contributed by atoms with van der Waals surface area (Å²) in [5.74, 6) is 6.14. The smallest absolute Gasteiger partial charge is 0.317 e. The van der Waals surface area contributed by atoms with E-state index >= 15 is 0 Å². The van der Waals surface area contributed by atoms with Crippen molar-refractivity contribution in [3.8, 4) is 17.6 Å². The molecule has 0 radical (unpaired) electrons. The van der Waals surface area contributed by atoms with E-state index in [9.17, 15) is 4.79 Å². The lowest BCUT2D eigenvalue weighted by atomic mass is 10.2. The molecular formula is C14H16O3. The molecule has 0 unspecified atom stereocenters. The van der Waals surface area contributed by atoms with E-state index in [0.29, 0.717) is 13.2 Å². The van der Waals surface area contributed by atoms with Crippen LogP contribution in [-0.4, -0.2) is 19.2 Å². The molecule has 0 bridgehead atoms. The molecule has 1 rings (SSSR count). The molecular weight excluding hydrogens is 216 g/mol. The summed E-state index contributed by atoms with van der Waals surface area (Å²) in [6, 6.07) is 7.50. The minimum Gasteiger partial charge on any atom is -0.493 e. The van der Waals surface area contributed by atoms with Crippen LogP contribution in [0.4, 0.5) is 0 Å². The van der Waals surface area contributed by atoms with Crippen molar-refractivity contribution in [3.05, 3.63) is 29.8 Å². The molecule has 0 aliphatic carbocycles. The first-order chi connectivity index (χ1) is 8.27. The van der Waals surface area contributed by atoms with Crippen LogP contribution in [0.5, 0.6) is 5.75 Å². The van der Waals surface area contributed by atoms with Crippen LogP contribution in [0.1, 0.15) is 25.8 Å². The third-order valence-electron chi connectivity index (χ3n) is 1.95. The standard InChI is InChI=1S/C14H16O3/c1-3-16-13-10-6-5-8-12(13)9-7-11-14(15)17-4-2/h5-6,8,10H,3-4,11H2,1-2H3. The van der Waals surface area contributed by atoms with Gasteiger partial charge >= 0.3 is 5.97 Å². The summed E-state index contributed by atoms with van der Waals surface area (Å²) in [7, 11) is 0. The minimum absolute atomic E-state index is 0.105. The number of carbonyl (C=O) groups excluding carboxylic acids is 1. The fourth-order valence-corrected chi connectivity index (χ4v) is 1.27. The maximum atomic E-state index is 11.1. The highest BCUT2D eigenvalue weighted by Crippen LogP contribution is 2.16. The van der Waals surface area contributed by atoms with Gasteiger partial charge in [-0.3, -0.25) is 4.79 Å². The van der Waals surface area contributed by atoms with Gasteiger partial charge in [-0.2, -0.15) is 0 Å². The normalized spacial score (nSPS) is 9.06. The van der Waals surface area contributed by atoms with E-state index < -0.39 is 0 Å². The highest BCUT2D eigenvalue weighted by Gasteiger charge is 1.99. The topological polar surface area (TPSA) is 35.5 Å². The van der Waals surface area contributed by atoms with Gasteiger partial charge in [0, 0.05) is 0 Å². The van der Waals surface area contributed by atoms with Gasteiger partial charge in [0.25, 0.3) is 0 Å². The predicted molar refractivity (Wildman–Crippen MR) is 65.7 cm³/mol. The average Bonchev–Trinajstić information content (AvgIpc) is 2.32. The second-order valence-electron chi connectivity index (χ2n) is 3.21. The van der Waals surface area contributed by atoms with Crippen LogP contribution < -0.4 is 4.74 Å². The number of rotatable bonds is 4. The van der Waals surface area contributed by atoms with Gasteiger partial charge in [0.15, 0.2) is 0 Å². The zero-order valence-corrected chi connectivity index (χ0v) is 10.2. The van der Waals surface area contributed by atoms with Crippen molar-refractivity contribution in [2.24, 2.45) is 0 Å². The molecule has 17 heavy (non-hydrogen) atoms. The van der Waals surface area contributed by atoms with E-state index in [4.69, 9.17) is 9.47 Å². The Kier molecular flexibility index (Phi) is 5.67. The number of carbonyl (C=O) groups is 1. The summed E-state index contributed by atoms with van der Waals surface area (Å²) >= 11 is 0. The van der Waals surface area contributed by atoms with E-state index in [1.807, 2.05) is 31.2 Å².